The lowest BCUT2D eigenvalue weighted by molar-refractivity contribution is -0.915. The van der Waals surface area contributed by atoms with Crippen LogP contribution in [0.25, 0.3) is 0 Å². The largest absolute Gasteiger partial charge is 0.476 e. The Labute approximate surface area is 71.4 Å². The van der Waals surface area contributed by atoms with Gasteiger partial charge in [0.1, 0.15) is 13.2 Å². The number of hydrogen-bond acceptors (Lipinski definition) is 3. The normalized spacial score (nSPS) is 13.1. The molecule has 5 heteroatoms. The average Bonchev–Trinajstić information content (AvgIpc) is 1.87. The maximum Gasteiger partial charge on any atom is 0.370 e. The van der Waals surface area contributed by atoms with Gasteiger partial charge < -0.3 is 19.8 Å². The predicted octanol–water partition coefficient (Wildman–Crippen LogP) is -1.50. The fourth-order valence-corrected chi connectivity index (χ4v) is 0.896. The molecule has 0 rings (SSSR count). The summed E-state index contributed by atoms with van der Waals surface area (Å²) in [6.07, 6.45) is 0. The van der Waals surface area contributed by atoms with Gasteiger partial charge in [-0.2, -0.15) is 0 Å². The molecular formula is C7H16NO4+. The number of carboxylic acids is 1. The van der Waals surface area contributed by atoms with E-state index in [-0.39, 0.29) is 4.48 Å². The van der Waals surface area contributed by atoms with E-state index in [2.05, 4.69) is 0 Å². The van der Waals surface area contributed by atoms with Crippen molar-refractivity contribution in [2.75, 3.05) is 34.4 Å². The summed E-state index contributed by atoms with van der Waals surface area (Å²) in [7, 11) is 4.84. The maximum atomic E-state index is 10.8. The first kappa shape index (κ1) is 11.4. The molecule has 0 saturated carbocycles. The van der Waals surface area contributed by atoms with Crippen LogP contribution < -0.4 is 0 Å². The minimum atomic E-state index is -1.51. The molecule has 5 nitrogen and oxygen atoms in total. The molecule has 0 aliphatic heterocycles. The first-order chi connectivity index (χ1) is 5.31. The quantitative estimate of drug-likeness (QED) is 0.458. The number of aliphatic hydroxyl groups is 2. The molecule has 0 aliphatic carbocycles. The molecule has 0 aromatic carbocycles. The minimum absolute atomic E-state index is 0.0185. The standard InChI is InChI=1S/C7H15NO4/c1-8(2,3)7(4-9,5-10)6(11)12/h9-10H,4-5H2,1-3H3/p+1. The van der Waals surface area contributed by atoms with E-state index in [1.807, 2.05) is 0 Å². The lowest BCUT2D eigenvalue weighted by Gasteiger charge is -2.40. The SMILES string of the molecule is C[N+](C)(C)C(CO)(CO)C(=O)O. The summed E-state index contributed by atoms with van der Waals surface area (Å²) in [5, 5.41) is 26.7. The summed E-state index contributed by atoms with van der Waals surface area (Å²) in [6, 6.07) is 0. The van der Waals surface area contributed by atoms with Gasteiger partial charge in [-0.3, -0.25) is 0 Å². The van der Waals surface area contributed by atoms with E-state index in [9.17, 15) is 4.79 Å². The van der Waals surface area contributed by atoms with Crippen molar-refractivity contribution in [2.24, 2.45) is 0 Å². The minimum Gasteiger partial charge on any atom is -0.476 e. The number of quaternary nitrogens is 1. The highest BCUT2D eigenvalue weighted by molar-refractivity contribution is 5.77. The highest BCUT2D eigenvalue weighted by Crippen LogP contribution is 2.17. The Kier molecular flexibility index (Phi) is 3.20. The number of aliphatic carboxylic acids is 1. The van der Waals surface area contributed by atoms with E-state index >= 15 is 0 Å². The summed E-state index contributed by atoms with van der Waals surface area (Å²) in [5.41, 5.74) is -1.51. The maximum absolute atomic E-state index is 10.8. The highest BCUT2D eigenvalue weighted by Gasteiger charge is 2.50. The van der Waals surface area contributed by atoms with Crippen molar-refractivity contribution in [3.05, 3.63) is 0 Å². The second-order valence-corrected chi connectivity index (χ2v) is 3.67. The second-order valence-electron chi connectivity index (χ2n) is 3.67. The molecule has 0 saturated heterocycles. The zero-order chi connectivity index (χ0) is 9.99. The fourth-order valence-electron chi connectivity index (χ4n) is 0.896. The predicted molar refractivity (Wildman–Crippen MR) is 42.6 cm³/mol. The van der Waals surface area contributed by atoms with Gasteiger partial charge in [0.15, 0.2) is 0 Å². The number of aliphatic hydroxyl groups excluding tert-OH is 2. The Hall–Kier alpha value is -0.650. The van der Waals surface area contributed by atoms with Crippen LogP contribution in [0.3, 0.4) is 0 Å². The van der Waals surface area contributed by atoms with E-state index in [4.69, 9.17) is 15.3 Å². The van der Waals surface area contributed by atoms with Crippen LogP contribution in [0.1, 0.15) is 0 Å². The lowest BCUT2D eigenvalue weighted by Crippen LogP contribution is -2.66. The lowest BCUT2D eigenvalue weighted by atomic mass is 9.98. The summed E-state index contributed by atoms with van der Waals surface area (Å²) in [4.78, 5) is 10.8. The van der Waals surface area contributed by atoms with Gasteiger partial charge in [-0.1, -0.05) is 0 Å². The Morgan fingerprint density at radius 3 is 1.58 bits per heavy atom. The van der Waals surface area contributed by atoms with Crippen molar-refractivity contribution in [1.29, 1.82) is 0 Å². The van der Waals surface area contributed by atoms with Gasteiger partial charge in [0, 0.05) is 0 Å². The molecule has 0 aromatic heterocycles. The topological polar surface area (TPSA) is 77.8 Å². The van der Waals surface area contributed by atoms with Crippen LogP contribution in [0.5, 0.6) is 0 Å². The van der Waals surface area contributed by atoms with Crippen LogP contribution in [-0.2, 0) is 4.79 Å². The van der Waals surface area contributed by atoms with Crippen molar-refractivity contribution < 1.29 is 24.6 Å². The third kappa shape index (κ3) is 1.57. The number of carbonyl (C=O) groups is 1. The van der Waals surface area contributed by atoms with Gasteiger partial charge in [0.25, 0.3) is 0 Å². The molecule has 0 radical (unpaired) electrons. The van der Waals surface area contributed by atoms with Crippen molar-refractivity contribution in [1.82, 2.24) is 0 Å². The molecule has 0 heterocycles. The van der Waals surface area contributed by atoms with Gasteiger partial charge in [-0.25, -0.2) is 4.79 Å². The van der Waals surface area contributed by atoms with Crippen LogP contribution >= 0.6 is 0 Å². The van der Waals surface area contributed by atoms with E-state index in [1.165, 1.54) is 0 Å². The van der Waals surface area contributed by atoms with Crippen LogP contribution in [0, 0.1) is 0 Å². The first-order valence-corrected chi connectivity index (χ1v) is 3.58. The van der Waals surface area contributed by atoms with Gasteiger partial charge in [0.05, 0.1) is 21.1 Å². The zero-order valence-electron chi connectivity index (χ0n) is 7.61. The highest BCUT2D eigenvalue weighted by atomic mass is 16.4. The molecule has 3 N–H and O–H groups in total. The van der Waals surface area contributed by atoms with Gasteiger partial charge in [-0.15, -0.1) is 0 Å². The van der Waals surface area contributed by atoms with Gasteiger partial charge in [0.2, 0.25) is 5.54 Å². The van der Waals surface area contributed by atoms with Crippen LogP contribution in [-0.4, -0.2) is 65.7 Å². The number of nitrogens with zero attached hydrogens (tertiary/aromatic N) is 1. The van der Waals surface area contributed by atoms with Crippen molar-refractivity contribution in [3.8, 4) is 0 Å². The third-order valence-corrected chi connectivity index (χ3v) is 2.21. The number of likely N-dealkylation sites (N-methyl/N-ethyl adjacent to an activating group) is 1. The smallest absolute Gasteiger partial charge is 0.370 e. The van der Waals surface area contributed by atoms with Gasteiger partial charge >= 0.3 is 5.97 Å². The summed E-state index contributed by atoms with van der Waals surface area (Å²) >= 11 is 0. The van der Waals surface area contributed by atoms with Crippen molar-refractivity contribution >= 4 is 5.97 Å². The van der Waals surface area contributed by atoms with Crippen molar-refractivity contribution in [3.63, 3.8) is 0 Å². The summed E-state index contributed by atoms with van der Waals surface area (Å²) in [5.74, 6) is -1.19. The monoisotopic (exact) mass is 178 g/mol. The summed E-state index contributed by atoms with van der Waals surface area (Å²) < 4.78 is -0.0185. The Bertz CT molecular complexity index is 169. The van der Waals surface area contributed by atoms with E-state index in [0.29, 0.717) is 0 Å². The fraction of sp³-hybridized carbons (Fsp3) is 0.857. The molecule has 0 atom stereocenters. The third-order valence-electron chi connectivity index (χ3n) is 2.21. The molecule has 0 aromatic rings. The zero-order valence-corrected chi connectivity index (χ0v) is 7.61. The molecule has 72 valence electrons. The molecule has 0 amide bonds. The molecule has 0 fully saturated rings. The van der Waals surface area contributed by atoms with Crippen molar-refractivity contribution in [2.45, 2.75) is 5.54 Å². The average molecular weight is 178 g/mol. The Morgan fingerprint density at radius 2 is 1.58 bits per heavy atom. The second kappa shape index (κ2) is 3.38. The molecular weight excluding hydrogens is 162 g/mol. The van der Waals surface area contributed by atoms with Crippen LogP contribution in [0.2, 0.25) is 0 Å². The molecule has 12 heavy (non-hydrogen) atoms. The molecule has 0 bridgehead atoms. The van der Waals surface area contributed by atoms with E-state index < -0.39 is 24.7 Å². The molecule has 0 unspecified atom stereocenters. The Balaban J connectivity index is 4.97. The van der Waals surface area contributed by atoms with E-state index in [1.54, 1.807) is 21.1 Å². The van der Waals surface area contributed by atoms with Crippen LogP contribution in [0.4, 0.5) is 0 Å². The summed E-state index contributed by atoms with van der Waals surface area (Å²) in [6.45, 7) is -1.16. The molecule has 0 aliphatic rings. The first-order valence-electron chi connectivity index (χ1n) is 3.58. The number of rotatable bonds is 4. The van der Waals surface area contributed by atoms with Crippen LogP contribution in [0.15, 0.2) is 0 Å². The molecule has 0 spiro atoms. The van der Waals surface area contributed by atoms with E-state index in [0.717, 1.165) is 0 Å². The number of hydrogen-bond donors (Lipinski definition) is 3. The number of carboxylic acid groups (broad SMARTS) is 1. The Morgan fingerprint density at radius 1 is 1.25 bits per heavy atom. The van der Waals surface area contributed by atoms with Gasteiger partial charge in [-0.05, 0) is 0 Å².